The summed E-state index contributed by atoms with van der Waals surface area (Å²) >= 11 is 5.20. The Labute approximate surface area is 117 Å². The molecule has 5 heteroatoms. The van der Waals surface area contributed by atoms with Crippen LogP contribution in [0.25, 0.3) is 11.0 Å². The fraction of sp³-hybridized carbons (Fsp3) is 0.154. The summed E-state index contributed by atoms with van der Waals surface area (Å²) < 4.78 is 3.25. The maximum absolute atomic E-state index is 5.94. The first-order valence-corrected chi connectivity index (χ1v) is 7.32. The van der Waals surface area contributed by atoms with Gasteiger partial charge in [-0.15, -0.1) is 11.3 Å². The molecule has 3 rings (SSSR count). The number of rotatable bonds is 3. The Morgan fingerprint density at radius 3 is 2.94 bits per heavy atom. The number of imidazole rings is 1. The molecule has 18 heavy (non-hydrogen) atoms. The average molecular weight is 322 g/mol. The van der Waals surface area contributed by atoms with Crippen molar-refractivity contribution in [3.8, 4) is 0 Å². The van der Waals surface area contributed by atoms with Crippen molar-refractivity contribution < 1.29 is 0 Å². The Balaban J connectivity index is 2.11. The number of aromatic nitrogens is 2. The summed E-state index contributed by atoms with van der Waals surface area (Å²) in [7, 11) is 0. The van der Waals surface area contributed by atoms with Crippen LogP contribution in [0.15, 0.2) is 46.5 Å². The summed E-state index contributed by atoms with van der Waals surface area (Å²) in [5, 5.41) is 2.08. The van der Waals surface area contributed by atoms with E-state index in [-0.39, 0.29) is 6.04 Å². The molecule has 0 aliphatic rings. The van der Waals surface area contributed by atoms with Gasteiger partial charge >= 0.3 is 0 Å². The number of fused-ring (bicyclic) bond motifs is 1. The monoisotopic (exact) mass is 321 g/mol. The third-order valence-electron chi connectivity index (χ3n) is 2.96. The van der Waals surface area contributed by atoms with Gasteiger partial charge < -0.3 is 10.3 Å². The molecule has 0 aliphatic carbocycles. The SMILES string of the molecule is NCC(c1cc(Br)cs1)n1cnc2ccccc21. The van der Waals surface area contributed by atoms with Gasteiger partial charge in [0.2, 0.25) is 0 Å². The van der Waals surface area contributed by atoms with Crippen molar-refractivity contribution in [1.82, 2.24) is 9.55 Å². The number of nitrogens with zero attached hydrogens (tertiary/aromatic N) is 2. The predicted molar refractivity (Wildman–Crippen MR) is 78.9 cm³/mol. The fourth-order valence-electron chi connectivity index (χ4n) is 2.10. The highest BCUT2D eigenvalue weighted by molar-refractivity contribution is 9.10. The van der Waals surface area contributed by atoms with Gasteiger partial charge in [0.1, 0.15) is 0 Å². The normalized spacial score (nSPS) is 13.0. The van der Waals surface area contributed by atoms with E-state index in [1.54, 1.807) is 11.3 Å². The van der Waals surface area contributed by atoms with Crippen LogP contribution in [0.4, 0.5) is 0 Å². The maximum Gasteiger partial charge on any atom is 0.0964 e. The van der Waals surface area contributed by atoms with Crippen LogP contribution in [0.1, 0.15) is 10.9 Å². The third kappa shape index (κ3) is 1.98. The highest BCUT2D eigenvalue weighted by Crippen LogP contribution is 2.29. The van der Waals surface area contributed by atoms with Crippen LogP contribution >= 0.6 is 27.3 Å². The molecule has 2 heterocycles. The summed E-state index contributed by atoms with van der Waals surface area (Å²) in [6.07, 6.45) is 1.87. The third-order valence-corrected chi connectivity index (χ3v) is 4.75. The largest absolute Gasteiger partial charge is 0.328 e. The van der Waals surface area contributed by atoms with E-state index in [2.05, 4.69) is 43.0 Å². The zero-order valence-corrected chi connectivity index (χ0v) is 12.0. The molecule has 2 N–H and O–H groups in total. The van der Waals surface area contributed by atoms with Gasteiger partial charge in [-0.05, 0) is 34.1 Å². The maximum atomic E-state index is 5.94. The highest BCUT2D eigenvalue weighted by atomic mass is 79.9. The van der Waals surface area contributed by atoms with E-state index < -0.39 is 0 Å². The second kappa shape index (κ2) is 4.84. The van der Waals surface area contributed by atoms with Crippen LogP contribution in [-0.4, -0.2) is 16.1 Å². The van der Waals surface area contributed by atoms with E-state index in [0.29, 0.717) is 6.54 Å². The van der Waals surface area contributed by atoms with Crippen molar-refractivity contribution in [3.63, 3.8) is 0 Å². The van der Waals surface area contributed by atoms with Gasteiger partial charge in [0.15, 0.2) is 0 Å². The van der Waals surface area contributed by atoms with E-state index in [4.69, 9.17) is 5.73 Å². The lowest BCUT2D eigenvalue weighted by Crippen LogP contribution is -2.18. The van der Waals surface area contributed by atoms with Crippen LogP contribution < -0.4 is 5.73 Å². The number of thiophene rings is 1. The number of hydrogen-bond acceptors (Lipinski definition) is 3. The Hall–Kier alpha value is -1.17. The molecule has 92 valence electrons. The molecule has 1 aromatic carbocycles. The van der Waals surface area contributed by atoms with Gasteiger partial charge in [0.25, 0.3) is 0 Å². The van der Waals surface area contributed by atoms with Gasteiger partial charge in [-0.2, -0.15) is 0 Å². The first-order chi connectivity index (χ1) is 8.79. The molecule has 0 fully saturated rings. The van der Waals surface area contributed by atoms with E-state index in [1.165, 1.54) is 4.88 Å². The van der Waals surface area contributed by atoms with Crippen LogP contribution in [-0.2, 0) is 0 Å². The molecular formula is C13H12BrN3S. The van der Waals surface area contributed by atoms with E-state index >= 15 is 0 Å². The zero-order valence-electron chi connectivity index (χ0n) is 9.58. The van der Waals surface area contributed by atoms with Crippen LogP contribution in [0.3, 0.4) is 0 Å². The first-order valence-electron chi connectivity index (χ1n) is 5.65. The summed E-state index contributed by atoms with van der Waals surface area (Å²) in [5.74, 6) is 0. The summed E-state index contributed by atoms with van der Waals surface area (Å²) in [4.78, 5) is 5.66. The molecule has 2 aromatic heterocycles. The molecule has 0 bridgehead atoms. The van der Waals surface area contributed by atoms with Gasteiger partial charge in [0, 0.05) is 21.3 Å². The Morgan fingerprint density at radius 1 is 1.39 bits per heavy atom. The Morgan fingerprint density at radius 2 is 2.22 bits per heavy atom. The quantitative estimate of drug-likeness (QED) is 0.803. The number of para-hydroxylation sites is 2. The first kappa shape index (κ1) is 11.9. The molecule has 0 saturated heterocycles. The zero-order chi connectivity index (χ0) is 12.5. The number of halogens is 1. The Bertz CT molecular complexity index is 673. The number of benzene rings is 1. The molecule has 1 atom stereocenters. The van der Waals surface area contributed by atoms with Crippen LogP contribution in [0, 0.1) is 0 Å². The van der Waals surface area contributed by atoms with Crippen LogP contribution in [0.5, 0.6) is 0 Å². The van der Waals surface area contributed by atoms with Crippen molar-refractivity contribution in [2.45, 2.75) is 6.04 Å². The highest BCUT2D eigenvalue weighted by Gasteiger charge is 2.16. The molecule has 0 radical (unpaired) electrons. The van der Waals surface area contributed by atoms with Gasteiger partial charge in [-0.25, -0.2) is 4.98 Å². The summed E-state index contributed by atoms with van der Waals surface area (Å²) in [6.45, 7) is 0.563. The van der Waals surface area contributed by atoms with Crippen molar-refractivity contribution >= 4 is 38.3 Å². The van der Waals surface area contributed by atoms with Gasteiger partial charge in [-0.3, -0.25) is 0 Å². The molecule has 0 saturated carbocycles. The minimum atomic E-state index is 0.147. The lowest BCUT2D eigenvalue weighted by molar-refractivity contribution is 0.620. The van der Waals surface area contributed by atoms with E-state index in [1.807, 2.05) is 24.5 Å². The summed E-state index contributed by atoms with van der Waals surface area (Å²) in [5.41, 5.74) is 8.07. The predicted octanol–water partition coefficient (Wildman–Crippen LogP) is 3.41. The lowest BCUT2D eigenvalue weighted by Gasteiger charge is -2.15. The Kier molecular flexibility index (Phi) is 3.20. The smallest absolute Gasteiger partial charge is 0.0964 e. The van der Waals surface area contributed by atoms with E-state index in [9.17, 15) is 0 Å². The van der Waals surface area contributed by atoms with Crippen molar-refractivity contribution in [2.75, 3.05) is 6.54 Å². The minimum absolute atomic E-state index is 0.147. The van der Waals surface area contributed by atoms with E-state index in [0.717, 1.165) is 15.5 Å². The second-order valence-corrected chi connectivity index (χ2v) is 5.92. The number of nitrogens with two attached hydrogens (primary N) is 1. The standard InChI is InChI=1S/C13H12BrN3S/c14-9-5-13(18-7-9)12(6-15)17-8-16-10-3-1-2-4-11(10)17/h1-5,7-8,12H,6,15H2. The molecule has 0 amide bonds. The fourth-order valence-corrected chi connectivity index (χ4v) is 3.65. The van der Waals surface area contributed by atoms with Crippen molar-refractivity contribution in [1.29, 1.82) is 0 Å². The molecule has 1 unspecified atom stereocenters. The molecule has 3 nitrogen and oxygen atoms in total. The second-order valence-electron chi connectivity index (χ2n) is 4.06. The lowest BCUT2D eigenvalue weighted by atomic mass is 10.2. The molecule has 3 aromatic rings. The topological polar surface area (TPSA) is 43.8 Å². The van der Waals surface area contributed by atoms with Gasteiger partial charge in [0.05, 0.1) is 23.4 Å². The summed E-state index contributed by atoms with van der Waals surface area (Å²) in [6, 6.07) is 10.4. The van der Waals surface area contributed by atoms with Crippen LogP contribution in [0.2, 0.25) is 0 Å². The average Bonchev–Trinajstić information content (AvgIpc) is 2.98. The van der Waals surface area contributed by atoms with Crippen molar-refractivity contribution in [3.05, 3.63) is 51.4 Å². The minimum Gasteiger partial charge on any atom is -0.328 e. The molecule has 0 aliphatic heterocycles. The van der Waals surface area contributed by atoms with Gasteiger partial charge in [-0.1, -0.05) is 12.1 Å². The number of hydrogen-bond donors (Lipinski definition) is 1. The van der Waals surface area contributed by atoms with Crippen molar-refractivity contribution in [2.24, 2.45) is 5.73 Å². The molecular weight excluding hydrogens is 310 g/mol. The molecule has 0 spiro atoms.